The van der Waals surface area contributed by atoms with E-state index in [1.54, 1.807) is 16.7 Å². The molecule has 0 aromatic heterocycles. The summed E-state index contributed by atoms with van der Waals surface area (Å²) in [4.78, 5) is 0. The van der Waals surface area contributed by atoms with Crippen LogP contribution < -0.4 is 15.4 Å². The number of hydrogen-bond donors (Lipinski definition) is 2. The van der Waals surface area contributed by atoms with Crippen molar-refractivity contribution >= 4 is 0 Å². The first-order valence-corrected chi connectivity index (χ1v) is 14.2. The van der Waals surface area contributed by atoms with E-state index < -0.39 is 0 Å². The molecule has 3 heteroatoms. The molecule has 0 saturated carbocycles. The van der Waals surface area contributed by atoms with E-state index in [0.29, 0.717) is 6.73 Å². The van der Waals surface area contributed by atoms with Gasteiger partial charge in [0.25, 0.3) is 0 Å². The molecule has 3 aromatic rings. The van der Waals surface area contributed by atoms with Crippen LogP contribution in [0.15, 0.2) is 113 Å². The van der Waals surface area contributed by atoms with E-state index in [2.05, 4.69) is 102 Å². The molecule has 194 valence electrons. The van der Waals surface area contributed by atoms with Crippen molar-refractivity contribution in [3.05, 3.63) is 136 Å². The van der Waals surface area contributed by atoms with E-state index in [9.17, 15) is 0 Å². The normalized spacial score (nSPS) is 20.4. The lowest BCUT2D eigenvalue weighted by molar-refractivity contribution is 0.282. The van der Waals surface area contributed by atoms with Crippen LogP contribution in [0.3, 0.4) is 0 Å². The molecule has 1 atom stereocenters. The van der Waals surface area contributed by atoms with Gasteiger partial charge in [-0.25, -0.2) is 0 Å². The lowest BCUT2D eigenvalue weighted by atomic mass is 9.64. The van der Waals surface area contributed by atoms with Crippen molar-refractivity contribution in [3.8, 4) is 5.75 Å². The van der Waals surface area contributed by atoms with Gasteiger partial charge < -0.3 is 10.1 Å². The third-order valence-electron chi connectivity index (χ3n) is 8.40. The zero-order chi connectivity index (χ0) is 25.8. The van der Waals surface area contributed by atoms with Gasteiger partial charge in [-0.15, -0.1) is 0 Å². The van der Waals surface area contributed by atoms with Gasteiger partial charge in [0, 0.05) is 13.1 Å². The maximum atomic E-state index is 6.11. The van der Waals surface area contributed by atoms with Gasteiger partial charge in [-0.3, -0.25) is 5.32 Å². The fraction of sp³-hybridized carbons (Fsp3) is 0.314. The van der Waals surface area contributed by atoms with Crippen LogP contribution in [-0.4, -0.2) is 13.8 Å². The first-order chi connectivity index (χ1) is 18.8. The van der Waals surface area contributed by atoms with Crippen LogP contribution in [0, 0.1) is 0 Å². The van der Waals surface area contributed by atoms with Gasteiger partial charge in [-0.2, -0.15) is 0 Å². The molecule has 0 amide bonds. The Hall–Kier alpha value is -3.40. The zero-order valence-electron chi connectivity index (χ0n) is 22.4. The Morgan fingerprint density at radius 2 is 1.53 bits per heavy atom. The van der Waals surface area contributed by atoms with E-state index in [4.69, 9.17) is 4.74 Å². The highest BCUT2D eigenvalue weighted by Gasteiger charge is 2.48. The summed E-state index contributed by atoms with van der Waals surface area (Å²) in [5.74, 6) is 0.901. The predicted octanol–water partition coefficient (Wildman–Crippen LogP) is 7.35. The van der Waals surface area contributed by atoms with Gasteiger partial charge in [0.1, 0.15) is 12.5 Å². The fourth-order valence-electron chi connectivity index (χ4n) is 6.84. The van der Waals surface area contributed by atoms with Gasteiger partial charge in [0.2, 0.25) is 0 Å². The molecular weight excluding hydrogens is 464 g/mol. The average Bonchev–Trinajstić information content (AvgIpc) is 3.28. The zero-order valence-corrected chi connectivity index (χ0v) is 22.4. The van der Waals surface area contributed by atoms with Crippen molar-refractivity contribution in [1.82, 2.24) is 10.6 Å². The lowest BCUT2D eigenvalue weighted by Gasteiger charge is -2.38. The number of nitrogens with one attached hydrogen (secondary N) is 2. The number of benzene rings is 3. The van der Waals surface area contributed by atoms with Gasteiger partial charge in [0.15, 0.2) is 0 Å². The SMILES string of the molecule is CNCc1cccc(CNCOc2ccc(C3(c4ccccc4)C4=C(CCC=C4)C4=C3CCCC4)cc2)c1. The van der Waals surface area contributed by atoms with Crippen LogP contribution in [0.5, 0.6) is 5.75 Å². The quantitative estimate of drug-likeness (QED) is 0.237. The molecule has 3 aromatic carbocycles. The Bertz CT molecular complexity index is 1370. The summed E-state index contributed by atoms with van der Waals surface area (Å²) in [5, 5.41) is 6.64. The fourth-order valence-corrected chi connectivity index (χ4v) is 6.84. The molecule has 38 heavy (non-hydrogen) atoms. The smallest absolute Gasteiger partial charge is 0.139 e. The van der Waals surface area contributed by atoms with E-state index in [1.807, 2.05) is 7.05 Å². The van der Waals surface area contributed by atoms with Gasteiger partial charge >= 0.3 is 0 Å². The van der Waals surface area contributed by atoms with Crippen LogP contribution in [0.25, 0.3) is 0 Å². The molecule has 0 fully saturated rings. The second-order valence-corrected chi connectivity index (χ2v) is 10.7. The Morgan fingerprint density at radius 1 is 0.763 bits per heavy atom. The number of rotatable bonds is 9. The molecule has 3 aliphatic carbocycles. The summed E-state index contributed by atoms with van der Waals surface area (Å²) in [6, 6.07) is 28.8. The third-order valence-corrected chi connectivity index (χ3v) is 8.40. The standard InChI is InChI=1S/C35H38N2O/c1-36-23-26-10-9-11-27(22-26)24-37-25-38-30-20-18-29(19-21-30)35(28-12-3-2-4-13-28)33-16-7-5-14-31(33)32-15-6-8-17-34(32)35/h2-4,7,9-13,16,18-22,36-37H,5-6,8,14-15,17,23-25H2,1H3. The summed E-state index contributed by atoms with van der Waals surface area (Å²) in [7, 11) is 1.98. The molecule has 0 saturated heterocycles. The van der Waals surface area contributed by atoms with Gasteiger partial charge in [0.05, 0.1) is 5.41 Å². The molecule has 3 aliphatic rings. The largest absolute Gasteiger partial charge is 0.478 e. The Morgan fingerprint density at radius 3 is 2.34 bits per heavy atom. The molecular formula is C35H38N2O. The molecule has 0 heterocycles. The van der Waals surface area contributed by atoms with Gasteiger partial charge in [-0.1, -0.05) is 78.9 Å². The third kappa shape index (κ3) is 4.55. The highest BCUT2D eigenvalue weighted by Crippen LogP contribution is 2.59. The second kappa shape index (κ2) is 11.1. The monoisotopic (exact) mass is 502 g/mol. The molecule has 1 unspecified atom stereocenters. The van der Waals surface area contributed by atoms with E-state index in [-0.39, 0.29) is 5.41 Å². The molecule has 2 N–H and O–H groups in total. The van der Waals surface area contributed by atoms with Crippen LogP contribution in [0.4, 0.5) is 0 Å². The van der Waals surface area contributed by atoms with Crippen molar-refractivity contribution < 1.29 is 4.74 Å². The highest BCUT2D eigenvalue weighted by atomic mass is 16.5. The van der Waals surface area contributed by atoms with Crippen molar-refractivity contribution in [2.75, 3.05) is 13.8 Å². The first-order valence-electron chi connectivity index (χ1n) is 14.2. The summed E-state index contributed by atoms with van der Waals surface area (Å²) >= 11 is 0. The van der Waals surface area contributed by atoms with Crippen LogP contribution in [-0.2, 0) is 18.5 Å². The minimum absolute atomic E-state index is 0.182. The van der Waals surface area contributed by atoms with Crippen LogP contribution >= 0.6 is 0 Å². The number of fused-ring (bicyclic) bond motifs is 1. The molecule has 0 spiro atoms. The second-order valence-electron chi connectivity index (χ2n) is 10.7. The van der Waals surface area contributed by atoms with Crippen molar-refractivity contribution in [3.63, 3.8) is 0 Å². The number of ether oxygens (including phenoxy) is 1. The Kier molecular flexibility index (Phi) is 7.31. The molecule has 6 rings (SSSR count). The van der Waals surface area contributed by atoms with Crippen molar-refractivity contribution in [1.29, 1.82) is 0 Å². The van der Waals surface area contributed by atoms with E-state index in [1.165, 1.54) is 59.9 Å². The number of hydrogen-bond acceptors (Lipinski definition) is 3. The van der Waals surface area contributed by atoms with E-state index >= 15 is 0 Å². The van der Waals surface area contributed by atoms with Gasteiger partial charge in [-0.05, 0) is 102 Å². The molecule has 0 aliphatic heterocycles. The molecule has 0 radical (unpaired) electrons. The summed E-state index contributed by atoms with van der Waals surface area (Å²) < 4.78 is 6.11. The van der Waals surface area contributed by atoms with Crippen molar-refractivity contribution in [2.45, 2.75) is 57.0 Å². The van der Waals surface area contributed by atoms with Crippen LogP contribution in [0.1, 0.15) is 60.8 Å². The Balaban J connectivity index is 1.24. The summed E-state index contributed by atoms with van der Waals surface area (Å²) in [6.45, 7) is 2.15. The Labute approximate surface area is 227 Å². The maximum absolute atomic E-state index is 6.11. The van der Waals surface area contributed by atoms with Crippen molar-refractivity contribution in [2.24, 2.45) is 0 Å². The molecule has 3 nitrogen and oxygen atoms in total. The topological polar surface area (TPSA) is 33.3 Å². The summed E-state index contributed by atoms with van der Waals surface area (Å²) in [6.07, 6.45) is 12.1. The van der Waals surface area contributed by atoms with Crippen LogP contribution in [0.2, 0.25) is 0 Å². The average molecular weight is 503 g/mol. The van der Waals surface area contributed by atoms with E-state index in [0.717, 1.165) is 25.3 Å². The summed E-state index contributed by atoms with van der Waals surface area (Å²) in [5.41, 5.74) is 11.6. The maximum Gasteiger partial charge on any atom is 0.139 e. The minimum atomic E-state index is -0.182. The lowest BCUT2D eigenvalue weighted by Crippen LogP contribution is -2.31. The highest BCUT2D eigenvalue weighted by molar-refractivity contribution is 5.71. The first kappa shape index (κ1) is 24.9. The molecule has 0 bridgehead atoms. The predicted molar refractivity (Wildman–Crippen MR) is 156 cm³/mol. The number of allylic oxidation sites excluding steroid dienone is 6. The minimum Gasteiger partial charge on any atom is -0.478 e.